The van der Waals surface area contributed by atoms with Crippen LogP contribution < -0.4 is 15.4 Å². The van der Waals surface area contributed by atoms with Crippen molar-refractivity contribution in [3.63, 3.8) is 0 Å². The lowest BCUT2D eigenvalue weighted by molar-refractivity contribution is 0.170. The number of nitrogens with one attached hydrogen (secondary N) is 3. The van der Waals surface area contributed by atoms with E-state index in [0.717, 1.165) is 0 Å². The Morgan fingerprint density at radius 2 is 2.03 bits per heavy atom. The molecular formula is C22H27ClFN7O3S. The second kappa shape index (κ2) is 11.5. The number of alkyl carbamates (subject to hydrolysis) is 1. The van der Waals surface area contributed by atoms with E-state index < -0.39 is 22.9 Å². The second-order valence-corrected chi connectivity index (χ2v) is 9.57. The van der Waals surface area contributed by atoms with Crippen molar-refractivity contribution in [2.75, 3.05) is 29.9 Å². The Labute approximate surface area is 210 Å². The molecule has 35 heavy (non-hydrogen) atoms. The number of nitrogens with zero attached hydrogens (tertiary/aromatic N) is 4. The smallest absolute Gasteiger partial charge is 0.406 e. The van der Waals surface area contributed by atoms with Gasteiger partial charge in [-0.1, -0.05) is 11.6 Å². The Kier molecular flexibility index (Phi) is 8.62. The maximum atomic E-state index is 15.4. The van der Waals surface area contributed by atoms with Gasteiger partial charge in [0.1, 0.15) is 16.7 Å². The van der Waals surface area contributed by atoms with Gasteiger partial charge < -0.3 is 20.1 Å². The van der Waals surface area contributed by atoms with Crippen molar-refractivity contribution >= 4 is 40.3 Å². The molecule has 1 aromatic carbocycles. The normalized spacial score (nSPS) is 12.8. The largest absolute Gasteiger partial charge is 0.453 e. The highest BCUT2D eigenvalue weighted by molar-refractivity contribution is 7.85. The van der Waals surface area contributed by atoms with Crippen molar-refractivity contribution in [1.29, 1.82) is 0 Å². The molecule has 3 aromatic rings. The molecule has 3 N–H and O–H groups in total. The molecule has 188 valence electrons. The van der Waals surface area contributed by atoms with Crippen molar-refractivity contribution in [2.45, 2.75) is 32.9 Å². The molecule has 13 heteroatoms. The van der Waals surface area contributed by atoms with E-state index in [1.54, 1.807) is 23.1 Å². The number of methoxy groups -OCH3 is 1. The number of rotatable bonds is 9. The maximum absolute atomic E-state index is 15.4. The standard InChI is InChI=1S/C22H27ClFN7O3S/c1-12(2)31-11-16(17-6-7-25-21(28-17)27-13(3)10-26-22(32)34-4)20(29-31)15-8-14(23)9-18(19(15)24)30-35(5)33/h6-9,11-13,30H,10H2,1-5H3,(H,26,32)(H,25,27,28)/t13-,35?/m0/s1. The predicted molar refractivity (Wildman–Crippen MR) is 135 cm³/mol. The molecule has 1 unspecified atom stereocenters. The summed E-state index contributed by atoms with van der Waals surface area (Å²) in [5, 5.41) is 10.6. The molecule has 0 fully saturated rings. The van der Waals surface area contributed by atoms with Crippen LogP contribution in [0, 0.1) is 5.82 Å². The molecule has 0 aliphatic rings. The third-order valence-corrected chi connectivity index (χ3v) is 5.58. The van der Waals surface area contributed by atoms with E-state index in [1.165, 1.54) is 25.5 Å². The van der Waals surface area contributed by atoms with Crippen LogP contribution in [-0.4, -0.2) is 56.0 Å². The number of ether oxygens (including phenoxy) is 1. The zero-order valence-corrected chi connectivity index (χ0v) is 21.5. The molecule has 0 saturated carbocycles. The molecule has 3 rings (SSSR count). The number of hydrogen-bond acceptors (Lipinski definition) is 7. The Hall–Kier alpha value is -3.25. The van der Waals surface area contributed by atoms with E-state index in [9.17, 15) is 9.00 Å². The molecule has 0 spiro atoms. The van der Waals surface area contributed by atoms with E-state index in [4.69, 9.17) is 11.6 Å². The van der Waals surface area contributed by atoms with Crippen LogP contribution in [0.15, 0.2) is 30.6 Å². The van der Waals surface area contributed by atoms with Crippen LogP contribution in [0.4, 0.5) is 20.8 Å². The highest BCUT2D eigenvalue weighted by Crippen LogP contribution is 2.37. The zero-order chi connectivity index (χ0) is 25.7. The molecule has 2 aromatic heterocycles. The van der Waals surface area contributed by atoms with Crippen molar-refractivity contribution < 1.29 is 18.1 Å². The van der Waals surface area contributed by atoms with Crippen LogP contribution in [-0.2, 0) is 15.7 Å². The van der Waals surface area contributed by atoms with Gasteiger partial charge in [0.05, 0.1) is 18.5 Å². The first-order valence-electron chi connectivity index (χ1n) is 10.7. The summed E-state index contributed by atoms with van der Waals surface area (Å²) in [5.74, 6) is -0.310. The summed E-state index contributed by atoms with van der Waals surface area (Å²) in [6, 6.07) is 4.33. The lowest BCUT2D eigenvalue weighted by Gasteiger charge is -2.14. The molecule has 0 saturated heterocycles. The first-order valence-corrected chi connectivity index (χ1v) is 12.6. The Balaban J connectivity index is 2.02. The third-order valence-electron chi connectivity index (χ3n) is 4.85. The number of benzene rings is 1. The zero-order valence-electron chi connectivity index (χ0n) is 19.9. The molecule has 2 atom stereocenters. The summed E-state index contributed by atoms with van der Waals surface area (Å²) in [5.41, 5.74) is 1.55. The monoisotopic (exact) mass is 523 g/mol. The quantitative estimate of drug-likeness (QED) is 0.383. The molecule has 0 radical (unpaired) electrons. The van der Waals surface area contributed by atoms with Crippen molar-refractivity contribution in [3.8, 4) is 22.5 Å². The van der Waals surface area contributed by atoms with E-state index in [2.05, 4.69) is 35.2 Å². The highest BCUT2D eigenvalue weighted by atomic mass is 35.5. The molecule has 1 amide bonds. The third kappa shape index (κ3) is 6.67. The minimum Gasteiger partial charge on any atom is -0.453 e. The van der Waals surface area contributed by atoms with E-state index in [1.807, 2.05) is 20.8 Å². The van der Waals surface area contributed by atoms with Crippen LogP contribution in [0.2, 0.25) is 5.02 Å². The summed E-state index contributed by atoms with van der Waals surface area (Å²) in [6.45, 7) is 6.04. The van der Waals surface area contributed by atoms with Gasteiger partial charge in [0.2, 0.25) is 5.95 Å². The van der Waals surface area contributed by atoms with Crippen LogP contribution in [0.5, 0.6) is 0 Å². The average molecular weight is 524 g/mol. The van der Waals surface area contributed by atoms with Crippen LogP contribution >= 0.6 is 11.6 Å². The Morgan fingerprint density at radius 3 is 2.69 bits per heavy atom. The van der Waals surface area contributed by atoms with E-state index in [-0.39, 0.29) is 28.4 Å². The highest BCUT2D eigenvalue weighted by Gasteiger charge is 2.22. The van der Waals surface area contributed by atoms with Gasteiger partial charge >= 0.3 is 6.09 Å². The van der Waals surface area contributed by atoms with Crippen LogP contribution in [0.25, 0.3) is 22.5 Å². The number of aromatic nitrogens is 4. The molecule has 0 bridgehead atoms. The Bertz CT molecular complexity index is 1240. The van der Waals surface area contributed by atoms with Gasteiger partial charge in [-0.05, 0) is 39.0 Å². The minimum atomic E-state index is -1.49. The summed E-state index contributed by atoms with van der Waals surface area (Å²) in [4.78, 5) is 20.1. The van der Waals surface area contributed by atoms with Gasteiger partial charge in [-0.2, -0.15) is 5.10 Å². The molecule has 10 nitrogen and oxygen atoms in total. The van der Waals surface area contributed by atoms with Gasteiger partial charge in [-0.15, -0.1) is 0 Å². The van der Waals surface area contributed by atoms with E-state index in [0.29, 0.717) is 29.4 Å². The summed E-state index contributed by atoms with van der Waals surface area (Å²) in [6.07, 6.45) is 4.21. The van der Waals surface area contributed by atoms with Gasteiger partial charge in [0.25, 0.3) is 0 Å². The Morgan fingerprint density at radius 1 is 1.29 bits per heavy atom. The molecule has 0 aliphatic carbocycles. The average Bonchev–Trinajstić information content (AvgIpc) is 3.25. The van der Waals surface area contributed by atoms with Crippen LogP contribution in [0.3, 0.4) is 0 Å². The number of hydrogen-bond donors (Lipinski definition) is 3. The van der Waals surface area contributed by atoms with Gasteiger partial charge in [0.15, 0.2) is 5.82 Å². The van der Waals surface area contributed by atoms with Crippen molar-refractivity contribution in [2.24, 2.45) is 0 Å². The van der Waals surface area contributed by atoms with Crippen molar-refractivity contribution in [1.82, 2.24) is 25.1 Å². The van der Waals surface area contributed by atoms with Gasteiger partial charge in [0, 0.05) is 53.4 Å². The van der Waals surface area contributed by atoms with Crippen LogP contribution in [0.1, 0.15) is 26.8 Å². The summed E-state index contributed by atoms with van der Waals surface area (Å²) in [7, 11) is -0.205. The molecule has 0 aliphatic heterocycles. The first-order chi connectivity index (χ1) is 16.6. The maximum Gasteiger partial charge on any atom is 0.406 e. The number of halogens is 2. The number of carbonyl (C=O) groups excluding carboxylic acids is 1. The molecular weight excluding hydrogens is 497 g/mol. The fourth-order valence-corrected chi connectivity index (χ4v) is 3.87. The first kappa shape index (κ1) is 26.4. The SMILES string of the molecule is COC(=O)NC[C@H](C)Nc1nccc(-c2cn(C(C)C)nc2-c2cc(Cl)cc(NS(C)=O)c2F)n1. The summed E-state index contributed by atoms with van der Waals surface area (Å²) < 4.78 is 35.9. The summed E-state index contributed by atoms with van der Waals surface area (Å²) >= 11 is 6.25. The number of amides is 1. The number of anilines is 2. The lowest BCUT2D eigenvalue weighted by atomic mass is 10.0. The molecule has 2 heterocycles. The minimum absolute atomic E-state index is 0.00524. The van der Waals surface area contributed by atoms with E-state index >= 15 is 4.39 Å². The fourth-order valence-electron chi connectivity index (χ4n) is 3.19. The van der Waals surface area contributed by atoms with Gasteiger partial charge in [-0.25, -0.2) is 23.4 Å². The van der Waals surface area contributed by atoms with Gasteiger partial charge in [-0.3, -0.25) is 4.68 Å². The van der Waals surface area contributed by atoms with Crippen molar-refractivity contribution in [3.05, 3.63) is 41.4 Å². The topological polar surface area (TPSA) is 123 Å². The fraction of sp³-hybridized carbons (Fsp3) is 0.364. The predicted octanol–water partition coefficient (Wildman–Crippen LogP) is 4.24. The second-order valence-electron chi connectivity index (χ2n) is 8.02. The number of carbonyl (C=O) groups is 1. The lowest BCUT2D eigenvalue weighted by Crippen LogP contribution is -2.34.